The molecule has 308 valence electrons. The van der Waals surface area contributed by atoms with Crippen LogP contribution in [0.15, 0.2) is 253 Å². The van der Waals surface area contributed by atoms with E-state index in [-0.39, 0.29) is 0 Å². The second-order valence-electron chi connectivity index (χ2n) is 17.2. The van der Waals surface area contributed by atoms with Crippen molar-refractivity contribution in [3.8, 4) is 44.5 Å². The molecule has 1 heterocycles. The third kappa shape index (κ3) is 6.34. The van der Waals surface area contributed by atoms with E-state index in [4.69, 9.17) is 4.42 Å². The molecule has 0 aliphatic rings. The summed E-state index contributed by atoms with van der Waals surface area (Å²) < 4.78 is 6.69. The normalized spacial score (nSPS) is 11.6. The van der Waals surface area contributed by atoms with Crippen LogP contribution in [0.1, 0.15) is 0 Å². The van der Waals surface area contributed by atoms with Crippen molar-refractivity contribution < 1.29 is 4.42 Å². The average Bonchev–Trinajstić information content (AvgIpc) is 3.79. The summed E-state index contributed by atoms with van der Waals surface area (Å²) in [5.74, 6) is 0. The highest BCUT2D eigenvalue weighted by Gasteiger charge is 2.21. The molecule has 2 nitrogen and oxygen atoms in total. The second-order valence-corrected chi connectivity index (χ2v) is 17.2. The number of anilines is 3. The molecule has 2 heteroatoms. The third-order valence-electron chi connectivity index (χ3n) is 13.5. The number of benzene rings is 12. The van der Waals surface area contributed by atoms with Crippen molar-refractivity contribution >= 4 is 82.1 Å². The van der Waals surface area contributed by atoms with Crippen LogP contribution in [0.2, 0.25) is 0 Å². The van der Waals surface area contributed by atoms with Crippen molar-refractivity contribution in [2.24, 2.45) is 0 Å². The van der Waals surface area contributed by atoms with Gasteiger partial charge in [0.25, 0.3) is 0 Å². The van der Waals surface area contributed by atoms with Crippen molar-refractivity contribution in [2.75, 3.05) is 4.90 Å². The fraction of sp³-hybridized carbons (Fsp3) is 0. The van der Waals surface area contributed by atoms with Crippen LogP contribution >= 0.6 is 0 Å². The van der Waals surface area contributed by atoms with E-state index in [1.54, 1.807) is 0 Å². The highest BCUT2D eigenvalue weighted by Crippen LogP contribution is 2.46. The summed E-state index contributed by atoms with van der Waals surface area (Å²) in [6, 6.07) is 90.2. The quantitative estimate of drug-likeness (QED) is 0.149. The Morgan fingerprint density at radius 2 is 0.742 bits per heavy atom. The molecule has 13 aromatic rings. The highest BCUT2D eigenvalue weighted by atomic mass is 16.3. The van der Waals surface area contributed by atoms with Gasteiger partial charge in [0, 0.05) is 33.1 Å². The molecule has 0 saturated carbocycles. The summed E-state index contributed by atoms with van der Waals surface area (Å²) in [6.07, 6.45) is 0. The Kier molecular flexibility index (Phi) is 8.89. The van der Waals surface area contributed by atoms with Crippen LogP contribution in [-0.2, 0) is 0 Å². The lowest BCUT2D eigenvalue weighted by Gasteiger charge is -2.28. The van der Waals surface area contributed by atoms with Crippen molar-refractivity contribution in [3.63, 3.8) is 0 Å². The van der Waals surface area contributed by atoms with E-state index < -0.39 is 0 Å². The standard InChI is InChI=1S/C64H41NO/c1-4-15-53-45(11-1)14-9-19-55(53)48-25-23-42(24-26-48)43-29-35-51(36-30-43)65(52-37-31-44(32-38-52)49-34-39-56-50(41-49)28-27-46-12-2-5-16-54(46)56)61-21-8-7-18-58(61)59-20-10-22-62-63(59)60-40-33-47-13-3-6-17-57(47)64(60)66-62/h1-41H. The molecule has 12 aromatic carbocycles. The molecule has 0 unspecified atom stereocenters. The van der Waals surface area contributed by atoms with Gasteiger partial charge in [0.1, 0.15) is 11.2 Å². The van der Waals surface area contributed by atoms with Crippen LogP contribution in [0.4, 0.5) is 17.1 Å². The lowest BCUT2D eigenvalue weighted by molar-refractivity contribution is 0.673. The minimum atomic E-state index is 0.878. The van der Waals surface area contributed by atoms with E-state index in [2.05, 4.69) is 254 Å². The summed E-state index contributed by atoms with van der Waals surface area (Å²) in [4.78, 5) is 2.40. The molecular weight excluding hydrogens is 799 g/mol. The molecule has 0 aliphatic heterocycles. The van der Waals surface area contributed by atoms with Crippen LogP contribution < -0.4 is 4.90 Å². The zero-order valence-corrected chi connectivity index (χ0v) is 36.0. The van der Waals surface area contributed by atoms with Gasteiger partial charge in [0.15, 0.2) is 0 Å². The Hall–Kier alpha value is -8.72. The average molecular weight is 840 g/mol. The summed E-state index contributed by atoms with van der Waals surface area (Å²) in [7, 11) is 0. The lowest BCUT2D eigenvalue weighted by Crippen LogP contribution is -2.11. The molecular formula is C64H41NO. The fourth-order valence-corrected chi connectivity index (χ4v) is 10.2. The summed E-state index contributed by atoms with van der Waals surface area (Å²) in [6.45, 7) is 0. The van der Waals surface area contributed by atoms with E-state index in [9.17, 15) is 0 Å². The molecule has 0 saturated heterocycles. The van der Waals surface area contributed by atoms with Gasteiger partial charge in [-0.05, 0) is 125 Å². The molecule has 0 amide bonds. The first-order valence-electron chi connectivity index (χ1n) is 22.7. The molecule has 1 aromatic heterocycles. The lowest BCUT2D eigenvalue weighted by atomic mass is 9.95. The SMILES string of the molecule is c1ccc(N(c2ccc(-c3ccc(-c4cccc5ccccc45)cc3)cc2)c2ccc(-c3ccc4c(ccc5ccccc54)c3)cc2)c(-c2cccc3oc4c5ccccc5ccc4c23)c1. The maximum atomic E-state index is 6.69. The van der Waals surface area contributed by atoms with E-state index in [0.717, 1.165) is 61.1 Å². The van der Waals surface area contributed by atoms with E-state index in [0.29, 0.717) is 0 Å². The first-order valence-corrected chi connectivity index (χ1v) is 22.7. The maximum Gasteiger partial charge on any atom is 0.143 e. The first-order chi connectivity index (χ1) is 32.7. The Morgan fingerprint density at radius 1 is 0.273 bits per heavy atom. The molecule has 0 atom stereocenters. The van der Waals surface area contributed by atoms with Crippen LogP contribution in [0.3, 0.4) is 0 Å². The number of fused-ring (bicyclic) bond motifs is 9. The highest BCUT2D eigenvalue weighted by molar-refractivity contribution is 6.20. The van der Waals surface area contributed by atoms with Crippen LogP contribution in [0.5, 0.6) is 0 Å². The molecule has 66 heavy (non-hydrogen) atoms. The number of hydrogen-bond acceptors (Lipinski definition) is 2. The second kappa shape index (κ2) is 15.5. The Labute approximate surface area is 382 Å². The predicted octanol–water partition coefficient (Wildman–Crippen LogP) is 18.3. The number of nitrogens with zero attached hydrogens (tertiary/aromatic N) is 1. The zero-order chi connectivity index (χ0) is 43.6. The summed E-state index contributed by atoms with van der Waals surface area (Å²) >= 11 is 0. The number of para-hydroxylation sites is 1. The van der Waals surface area contributed by atoms with E-state index in [1.807, 2.05) is 0 Å². The van der Waals surface area contributed by atoms with E-state index in [1.165, 1.54) is 65.5 Å². The van der Waals surface area contributed by atoms with Crippen molar-refractivity contribution in [3.05, 3.63) is 249 Å². The largest absolute Gasteiger partial charge is 0.455 e. The monoisotopic (exact) mass is 839 g/mol. The van der Waals surface area contributed by atoms with Crippen molar-refractivity contribution in [1.29, 1.82) is 0 Å². The van der Waals surface area contributed by atoms with Gasteiger partial charge in [0.2, 0.25) is 0 Å². The smallest absolute Gasteiger partial charge is 0.143 e. The van der Waals surface area contributed by atoms with Gasteiger partial charge < -0.3 is 9.32 Å². The number of hydrogen-bond donors (Lipinski definition) is 0. The molecule has 0 bridgehead atoms. The number of furan rings is 1. The van der Waals surface area contributed by atoms with Crippen LogP contribution in [-0.4, -0.2) is 0 Å². The Bertz CT molecular complexity index is 3970. The minimum absolute atomic E-state index is 0.878. The number of rotatable bonds is 7. The summed E-state index contributed by atoms with van der Waals surface area (Å²) in [5.41, 5.74) is 14.4. The van der Waals surface area contributed by atoms with Crippen molar-refractivity contribution in [1.82, 2.24) is 0 Å². The van der Waals surface area contributed by atoms with Crippen LogP contribution in [0.25, 0.3) is 110 Å². The predicted molar refractivity (Wildman–Crippen MR) is 280 cm³/mol. The fourth-order valence-electron chi connectivity index (χ4n) is 10.2. The maximum absolute atomic E-state index is 6.69. The molecule has 0 radical (unpaired) electrons. The van der Waals surface area contributed by atoms with Crippen molar-refractivity contribution in [2.45, 2.75) is 0 Å². The molecule has 13 rings (SSSR count). The summed E-state index contributed by atoms with van der Waals surface area (Å²) in [5, 5.41) is 12.1. The van der Waals surface area contributed by atoms with Gasteiger partial charge in [0.05, 0.1) is 5.69 Å². The Balaban J connectivity index is 0.922. The van der Waals surface area contributed by atoms with Gasteiger partial charge >= 0.3 is 0 Å². The Morgan fingerprint density at radius 3 is 1.50 bits per heavy atom. The van der Waals surface area contributed by atoms with Gasteiger partial charge in [-0.25, -0.2) is 0 Å². The molecule has 0 spiro atoms. The van der Waals surface area contributed by atoms with Gasteiger partial charge in [-0.2, -0.15) is 0 Å². The topological polar surface area (TPSA) is 16.4 Å². The molecule has 0 aliphatic carbocycles. The first kappa shape index (κ1) is 37.8. The minimum Gasteiger partial charge on any atom is -0.455 e. The van der Waals surface area contributed by atoms with Gasteiger partial charge in [-0.15, -0.1) is 0 Å². The molecule has 0 N–H and O–H groups in total. The molecule has 0 fully saturated rings. The van der Waals surface area contributed by atoms with Gasteiger partial charge in [-0.3, -0.25) is 0 Å². The van der Waals surface area contributed by atoms with E-state index >= 15 is 0 Å². The third-order valence-corrected chi connectivity index (χ3v) is 13.5. The van der Waals surface area contributed by atoms with Gasteiger partial charge in [-0.1, -0.05) is 200 Å². The zero-order valence-electron chi connectivity index (χ0n) is 36.0. The van der Waals surface area contributed by atoms with Crippen LogP contribution in [0, 0.1) is 0 Å².